The number of hydrogen-bond acceptors (Lipinski definition) is 4. The number of hydrogen-bond donors (Lipinski definition) is 1. The molecule has 0 bridgehead atoms. The van der Waals surface area contributed by atoms with Gasteiger partial charge in [0.05, 0.1) is 17.3 Å². The molecule has 0 unspecified atom stereocenters. The predicted octanol–water partition coefficient (Wildman–Crippen LogP) is 1.10. The molecule has 1 aliphatic heterocycles. The summed E-state index contributed by atoms with van der Waals surface area (Å²) in [6, 6.07) is -0.238. The van der Waals surface area contributed by atoms with Crippen LogP contribution in [0.2, 0.25) is 0 Å². The molecule has 1 amide bonds. The van der Waals surface area contributed by atoms with Crippen molar-refractivity contribution in [2.24, 2.45) is 7.05 Å². The average molecular weight is 306 g/mol. The van der Waals surface area contributed by atoms with Gasteiger partial charge in [0.1, 0.15) is 5.82 Å². The Kier molecular flexibility index (Phi) is 4.42. The number of nitrogens with one attached hydrogen (secondary N) is 1. The van der Waals surface area contributed by atoms with Gasteiger partial charge in [0.2, 0.25) is 5.91 Å². The maximum absolute atomic E-state index is 12.5. The molecule has 6 nitrogen and oxygen atoms in total. The van der Waals surface area contributed by atoms with Crippen LogP contribution in [-0.2, 0) is 24.9 Å². The smallest absolute Gasteiger partial charge is 0.258 e. The Hall–Kier alpha value is -1.69. The molecule has 0 aliphatic carbocycles. The molecule has 1 aliphatic rings. The van der Waals surface area contributed by atoms with Gasteiger partial charge in [-0.15, -0.1) is 0 Å². The van der Waals surface area contributed by atoms with Gasteiger partial charge in [-0.2, -0.15) is 0 Å². The van der Waals surface area contributed by atoms with Crippen LogP contribution in [0.25, 0.3) is 0 Å². The van der Waals surface area contributed by atoms with E-state index in [9.17, 15) is 9.59 Å². The second-order valence-electron chi connectivity index (χ2n) is 7.02. The van der Waals surface area contributed by atoms with Gasteiger partial charge < -0.3 is 5.32 Å². The van der Waals surface area contributed by atoms with Gasteiger partial charge in [-0.3, -0.25) is 19.1 Å². The minimum atomic E-state index is -0.262. The molecule has 0 radical (unpaired) electrons. The lowest BCUT2D eigenvalue weighted by Crippen LogP contribution is -2.50. The molecule has 1 atom stereocenters. The normalized spacial score (nSPS) is 16.5. The second-order valence-corrected chi connectivity index (χ2v) is 7.02. The van der Waals surface area contributed by atoms with Crippen molar-refractivity contribution in [1.82, 2.24) is 19.8 Å². The number of rotatable bonds is 3. The van der Waals surface area contributed by atoms with E-state index in [0.717, 1.165) is 11.3 Å². The van der Waals surface area contributed by atoms with E-state index in [1.54, 1.807) is 11.6 Å². The van der Waals surface area contributed by atoms with Crippen molar-refractivity contribution in [3.63, 3.8) is 0 Å². The van der Waals surface area contributed by atoms with Crippen LogP contribution in [0.1, 0.15) is 51.2 Å². The molecule has 1 N–H and O–H groups in total. The van der Waals surface area contributed by atoms with Crippen LogP contribution >= 0.6 is 0 Å². The molecule has 0 saturated heterocycles. The summed E-state index contributed by atoms with van der Waals surface area (Å²) >= 11 is 0. The standard InChI is InChI=1S/C16H26N4O2/c1-7-13(14(21)18-16(3,4)5)20-8-11-12(9-20)17-10(2)19(6)15(11)22/h13H,7-9H2,1-6H3,(H,18,21)/t13-/m0/s1. The molecule has 2 heterocycles. The molecule has 0 saturated carbocycles. The van der Waals surface area contributed by atoms with E-state index in [4.69, 9.17) is 0 Å². The second kappa shape index (κ2) is 5.83. The zero-order valence-electron chi connectivity index (χ0n) is 14.4. The highest BCUT2D eigenvalue weighted by Gasteiger charge is 2.33. The van der Waals surface area contributed by atoms with Crippen LogP contribution in [0, 0.1) is 6.92 Å². The van der Waals surface area contributed by atoms with Crippen molar-refractivity contribution in [1.29, 1.82) is 0 Å². The lowest BCUT2D eigenvalue weighted by molar-refractivity contribution is -0.128. The van der Waals surface area contributed by atoms with Crippen LogP contribution in [0.5, 0.6) is 0 Å². The SMILES string of the molecule is CC[C@@H](C(=O)NC(C)(C)C)N1Cc2nc(C)n(C)c(=O)c2C1. The van der Waals surface area contributed by atoms with E-state index in [-0.39, 0.29) is 23.0 Å². The topological polar surface area (TPSA) is 67.2 Å². The zero-order valence-corrected chi connectivity index (χ0v) is 14.4. The van der Waals surface area contributed by atoms with Crippen molar-refractivity contribution < 1.29 is 4.79 Å². The molecule has 6 heteroatoms. The first-order valence-corrected chi connectivity index (χ1v) is 7.75. The minimum absolute atomic E-state index is 0.00363. The van der Waals surface area contributed by atoms with E-state index in [1.165, 1.54) is 0 Å². The average Bonchev–Trinajstić information content (AvgIpc) is 2.78. The van der Waals surface area contributed by atoms with Crippen LogP contribution < -0.4 is 10.9 Å². The predicted molar refractivity (Wildman–Crippen MR) is 85.4 cm³/mol. The third-order valence-corrected chi connectivity index (χ3v) is 4.04. The van der Waals surface area contributed by atoms with E-state index >= 15 is 0 Å². The minimum Gasteiger partial charge on any atom is -0.350 e. The van der Waals surface area contributed by atoms with E-state index < -0.39 is 0 Å². The summed E-state index contributed by atoms with van der Waals surface area (Å²) in [6.45, 7) is 10.8. The summed E-state index contributed by atoms with van der Waals surface area (Å²) < 4.78 is 1.57. The molecule has 1 aromatic heterocycles. The van der Waals surface area contributed by atoms with Crippen molar-refractivity contribution in [3.8, 4) is 0 Å². The van der Waals surface area contributed by atoms with Gasteiger partial charge in [0.15, 0.2) is 0 Å². The number of carbonyl (C=O) groups is 1. The lowest BCUT2D eigenvalue weighted by Gasteiger charge is -2.29. The van der Waals surface area contributed by atoms with Gasteiger partial charge in [0.25, 0.3) is 5.56 Å². The fourth-order valence-corrected chi connectivity index (χ4v) is 2.83. The van der Waals surface area contributed by atoms with E-state index in [1.807, 2.05) is 39.5 Å². The molecule has 0 fully saturated rings. The van der Waals surface area contributed by atoms with Gasteiger partial charge in [-0.25, -0.2) is 4.98 Å². The van der Waals surface area contributed by atoms with Gasteiger partial charge in [-0.05, 0) is 34.1 Å². The lowest BCUT2D eigenvalue weighted by atomic mass is 10.1. The number of nitrogens with zero attached hydrogens (tertiary/aromatic N) is 3. The third kappa shape index (κ3) is 3.21. The number of fused-ring (bicyclic) bond motifs is 1. The van der Waals surface area contributed by atoms with Crippen molar-refractivity contribution in [2.45, 2.75) is 65.7 Å². The molecule has 22 heavy (non-hydrogen) atoms. The largest absolute Gasteiger partial charge is 0.350 e. The molecular formula is C16H26N4O2. The van der Waals surface area contributed by atoms with E-state index in [2.05, 4.69) is 10.3 Å². The summed E-state index contributed by atoms with van der Waals surface area (Å²) in [4.78, 5) is 31.4. The van der Waals surface area contributed by atoms with Crippen LogP contribution in [0.3, 0.4) is 0 Å². The summed E-state index contributed by atoms with van der Waals surface area (Å²) in [5.74, 6) is 0.717. The highest BCUT2D eigenvalue weighted by Crippen LogP contribution is 2.22. The van der Waals surface area contributed by atoms with Crippen LogP contribution in [-0.4, -0.2) is 31.9 Å². The van der Waals surface area contributed by atoms with Crippen LogP contribution in [0.15, 0.2) is 4.79 Å². The Morgan fingerprint density at radius 1 is 1.36 bits per heavy atom. The molecule has 0 aromatic carbocycles. The summed E-state index contributed by atoms with van der Waals surface area (Å²) in [7, 11) is 1.73. The molecule has 1 aromatic rings. The van der Waals surface area contributed by atoms with Crippen molar-refractivity contribution >= 4 is 5.91 Å². The van der Waals surface area contributed by atoms with Crippen molar-refractivity contribution in [3.05, 3.63) is 27.4 Å². The van der Waals surface area contributed by atoms with Crippen molar-refractivity contribution in [2.75, 3.05) is 0 Å². The molecular weight excluding hydrogens is 280 g/mol. The maximum Gasteiger partial charge on any atom is 0.258 e. The fourth-order valence-electron chi connectivity index (χ4n) is 2.83. The maximum atomic E-state index is 12.5. The number of amides is 1. The highest BCUT2D eigenvalue weighted by molar-refractivity contribution is 5.82. The Labute approximate surface area is 131 Å². The quantitative estimate of drug-likeness (QED) is 0.908. The first-order valence-electron chi connectivity index (χ1n) is 7.75. The third-order valence-electron chi connectivity index (χ3n) is 4.04. The first-order chi connectivity index (χ1) is 10.1. The summed E-state index contributed by atoms with van der Waals surface area (Å²) in [5.41, 5.74) is 1.26. The number of carbonyl (C=O) groups excluding carboxylic acids is 1. The highest BCUT2D eigenvalue weighted by atomic mass is 16.2. The monoisotopic (exact) mass is 306 g/mol. The van der Waals surface area contributed by atoms with E-state index in [0.29, 0.717) is 25.3 Å². The van der Waals surface area contributed by atoms with Gasteiger partial charge in [-0.1, -0.05) is 6.92 Å². The summed E-state index contributed by atoms with van der Waals surface area (Å²) in [5, 5.41) is 3.03. The molecule has 122 valence electrons. The Balaban J connectivity index is 2.23. The Morgan fingerprint density at radius 3 is 2.55 bits per heavy atom. The zero-order chi connectivity index (χ0) is 16.7. The van der Waals surface area contributed by atoms with Gasteiger partial charge >= 0.3 is 0 Å². The number of aromatic nitrogens is 2. The van der Waals surface area contributed by atoms with Crippen LogP contribution in [0.4, 0.5) is 0 Å². The number of aryl methyl sites for hydroxylation is 1. The molecule has 0 spiro atoms. The molecule has 2 rings (SSSR count). The first kappa shape index (κ1) is 16.7. The van der Waals surface area contributed by atoms with Gasteiger partial charge in [0, 0.05) is 25.7 Å². The Bertz CT molecular complexity index is 643. The fraction of sp³-hybridized carbons (Fsp3) is 0.688. The summed E-state index contributed by atoms with van der Waals surface area (Å²) in [6.07, 6.45) is 0.704. The Morgan fingerprint density at radius 2 is 2.00 bits per heavy atom.